The van der Waals surface area contributed by atoms with E-state index >= 15 is 0 Å². The molecule has 0 amide bonds. The molecule has 9 heteroatoms. The van der Waals surface area contributed by atoms with E-state index in [1.165, 1.54) is 11.9 Å². The highest BCUT2D eigenvalue weighted by Gasteiger charge is 2.32. The quantitative estimate of drug-likeness (QED) is 0.375. The number of aliphatic imine (C=N–C) groups is 2. The van der Waals surface area contributed by atoms with Crippen molar-refractivity contribution in [1.29, 1.82) is 0 Å². The minimum atomic E-state index is -0.671. The highest BCUT2D eigenvalue weighted by molar-refractivity contribution is 6.25. The smallest absolute Gasteiger partial charge is 0.151 e. The highest BCUT2D eigenvalue weighted by atomic mass is 35.5. The van der Waals surface area contributed by atoms with Gasteiger partial charge in [0.25, 0.3) is 0 Å². The van der Waals surface area contributed by atoms with E-state index in [2.05, 4.69) is 15.3 Å². The van der Waals surface area contributed by atoms with Crippen molar-refractivity contribution in [3.8, 4) is 0 Å². The SMILES string of the molecule is O=CC1OCOC1/C(=C/Cl)NCN=CN=C1C=CC=C(OC2CCOCC2)C1. The van der Waals surface area contributed by atoms with Crippen LogP contribution in [0.3, 0.4) is 0 Å². The Hall–Kier alpha value is -2.00. The van der Waals surface area contributed by atoms with Crippen molar-refractivity contribution in [2.75, 3.05) is 26.7 Å². The topological polar surface area (TPSA) is 90.7 Å². The van der Waals surface area contributed by atoms with Crippen molar-refractivity contribution < 1.29 is 23.7 Å². The summed E-state index contributed by atoms with van der Waals surface area (Å²) in [5.41, 5.74) is 2.73. The Morgan fingerprint density at radius 1 is 1.36 bits per heavy atom. The second kappa shape index (κ2) is 11.1. The highest BCUT2D eigenvalue weighted by Crippen LogP contribution is 2.20. The van der Waals surface area contributed by atoms with Crippen LogP contribution in [0.1, 0.15) is 19.3 Å². The van der Waals surface area contributed by atoms with Crippen LogP contribution in [-0.4, -0.2) is 63.3 Å². The van der Waals surface area contributed by atoms with Crippen LogP contribution in [0.5, 0.6) is 0 Å². The fourth-order valence-electron chi connectivity index (χ4n) is 2.99. The van der Waals surface area contributed by atoms with Crippen LogP contribution in [0.2, 0.25) is 0 Å². The molecule has 2 heterocycles. The van der Waals surface area contributed by atoms with Crippen molar-refractivity contribution in [2.24, 2.45) is 9.98 Å². The maximum absolute atomic E-state index is 11.0. The Morgan fingerprint density at radius 2 is 2.21 bits per heavy atom. The van der Waals surface area contributed by atoms with Gasteiger partial charge < -0.3 is 29.1 Å². The van der Waals surface area contributed by atoms with Crippen LogP contribution < -0.4 is 5.32 Å². The van der Waals surface area contributed by atoms with Gasteiger partial charge in [-0.3, -0.25) is 4.99 Å². The summed E-state index contributed by atoms with van der Waals surface area (Å²) in [6.45, 7) is 1.79. The van der Waals surface area contributed by atoms with Crippen LogP contribution in [0.25, 0.3) is 0 Å². The number of hydrogen-bond donors (Lipinski definition) is 1. The summed E-state index contributed by atoms with van der Waals surface area (Å²) in [7, 11) is 0. The lowest BCUT2D eigenvalue weighted by Crippen LogP contribution is -2.33. The van der Waals surface area contributed by atoms with Crippen molar-refractivity contribution in [3.63, 3.8) is 0 Å². The molecule has 0 spiro atoms. The number of nitrogens with one attached hydrogen (secondary N) is 1. The largest absolute Gasteiger partial charge is 0.494 e. The van der Waals surface area contributed by atoms with Gasteiger partial charge in [0, 0.05) is 30.5 Å². The zero-order chi connectivity index (χ0) is 19.6. The summed E-state index contributed by atoms with van der Waals surface area (Å²) >= 11 is 5.81. The van der Waals surface area contributed by atoms with Gasteiger partial charge in [-0.1, -0.05) is 17.7 Å². The van der Waals surface area contributed by atoms with E-state index in [-0.39, 0.29) is 19.6 Å². The second-order valence-electron chi connectivity index (χ2n) is 6.39. The third kappa shape index (κ3) is 6.00. The summed E-state index contributed by atoms with van der Waals surface area (Å²) in [5.74, 6) is 0.908. The second-order valence-corrected chi connectivity index (χ2v) is 6.61. The van der Waals surface area contributed by atoms with Crippen LogP contribution in [-0.2, 0) is 23.7 Å². The first kappa shape index (κ1) is 20.7. The molecule has 2 atom stereocenters. The Kier molecular flexibility index (Phi) is 8.23. The van der Waals surface area contributed by atoms with Gasteiger partial charge in [-0.25, -0.2) is 4.99 Å². The minimum absolute atomic E-state index is 0.0546. The summed E-state index contributed by atoms with van der Waals surface area (Å²) in [4.78, 5) is 19.5. The average molecular weight is 410 g/mol. The zero-order valence-electron chi connectivity index (χ0n) is 15.5. The number of rotatable bonds is 8. The lowest BCUT2D eigenvalue weighted by Gasteiger charge is -2.25. The predicted molar refractivity (Wildman–Crippen MR) is 105 cm³/mol. The number of aldehydes is 1. The molecule has 2 aliphatic heterocycles. The van der Waals surface area contributed by atoms with E-state index in [9.17, 15) is 4.79 Å². The van der Waals surface area contributed by atoms with Crippen molar-refractivity contribution in [3.05, 3.63) is 35.2 Å². The molecule has 8 nitrogen and oxygen atoms in total. The molecule has 0 saturated carbocycles. The third-order valence-corrected chi connectivity index (χ3v) is 4.69. The van der Waals surface area contributed by atoms with Crippen LogP contribution in [0.4, 0.5) is 0 Å². The molecule has 2 fully saturated rings. The van der Waals surface area contributed by atoms with E-state index < -0.39 is 12.2 Å². The van der Waals surface area contributed by atoms with Crippen LogP contribution >= 0.6 is 11.6 Å². The Morgan fingerprint density at radius 3 is 3.00 bits per heavy atom. The van der Waals surface area contributed by atoms with E-state index in [1.54, 1.807) is 0 Å². The van der Waals surface area contributed by atoms with Gasteiger partial charge in [-0.15, -0.1) is 0 Å². The molecule has 28 heavy (non-hydrogen) atoms. The first-order valence-electron chi connectivity index (χ1n) is 9.19. The molecule has 0 radical (unpaired) electrons. The number of allylic oxidation sites excluding steroid dienone is 4. The van der Waals surface area contributed by atoms with Crippen molar-refractivity contribution >= 4 is 29.9 Å². The van der Waals surface area contributed by atoms with E-state index in [4.69, 9.17) is 30.5 Å². The molecular weight excluding hydrogens is 386 g/mol. The molecule has 0 aromatic rings. The molecule has 0 bridgehead atoms. The Balaban J connectivity index is 1.43. The summed E-state index contributed by atoms with van der Waals surface area (Å²) in [6, 6.07) is 0. The summed E-state index contributed by atoms with van der Waals surface area (Å²) in [6.07, 6.45) is 9.46. The number of hydrogen-bond acceptors (Lipinski definition) is 7. The number of carbonyl (C=O) groups is 1. The molecule has 0 aromatic carbocycles. The zero-order valence-corrected chi connectivity index (χ0v) is 16.2. The van der Waals surface area contributed by atoms with Gasteiger partial charge in [-0.2, -0.15) is 0 Å². The molecule has 1 N–H and O–H groups in total. The normalized spacial score (nSPS) is 28.0. The maximum Gasteiger partial charge on any atom is 0.151 e. The molecule has 2 unspecified atom stereocenters. The first-order chi connectivity index (χ1) is 13.8. The third-order valence-electron chi connectivity index (χ3n) is 4.46. The molecule has 3 aliphatic rings. The molecule has 3 rings (SSSR count). The number of ether oxygens (including phenoxy) is 4. The molecule has 152 valence electrons. The lowest BCUT2D eigenvalue weighted by atomic mass is 10.1. The molecule has 0 aromatic heterocycles. The maximum atomic E-state index is 11.0. The van der Waals surface area contributed by atoms with Gasteiger partial charge in [0.05, 0.1) is 18.9 Å². The fourth-order valence-corrected chi connectivity index (χ4v) is 3.19. The van der Waals surface area contributed by atoms with Gasteiger partial charge in [-0.05, 0) is 12.2 Å². The van der Waals surface area contributed by atoms with Crippen molar-refractivity contribution in [2.45, 2.75) is 37.6 Å². The van der Waals surface area contributed by atoms with Gasteiger partial charge in [0.2, 0.25) is 0 Å². The average Bonchev–Trinajstić information content (AvgIpc) is 3.20. The van der Waals surface area contributed by atoms with Crippen LogP contribution in [0, 0.1) is 0 Å². The lowest BCUT2D eigenvalue weighted by molar-refractivity contribution is -0.115. The number of halogens is 1. The minimum Gasteiger partial charge on any atom is -0.494 e. The van der Waals surface area contributed by atoms with E-state index in [0.29, 0.717) is 18.4 Å². The van der Waals surface area contributed by atoms with Gasteiger partial charge in [0.1, 0.15) is 43.9 Å². The van der Waals surface area contributed by atoms with E-state index in [0.717, 1.165) is 37.5 Å². The molecule has 2 saturated heterocycles. The van der Waals surface area contributed by atoms with Gasteiger partial charge >= 0.3 is 0 Å². The van der Waals surface area contributed by atoms with Gasteiger partial charge in [0.15, 0.2) is 6.29 Å². The first-order valence-corrected chi connectivity index (χ1v) is 9.63. The van der Waals surface area contributed by atoms with E-state index in [1.807, 2.05) is 18.2 Å². The molecular formula is C19H24ClN3O5. The number of carbonyl (C=O) groups excluding carboxylic acids is 1. The number of nitrogens with zero attached hydrogens (tertiary/aromatic N) is 2. The summed E-state index contributed by atoms with van der Waals surface area (Å²) < 4.78 is 21.9. The monoisotopic (exact) mass is 409 g/mol. The van der Waals surface area contributed by atoms with Crippen molar-refractivity contribution in [1.82, 2.24) is 5.32 Å². The fraction of sp³-hybridized carbons (Fsp3) is 0.526. The summed E-state index contributed by atoms with van der Waals surface area (Å²) in [5, 5.41) is 3.01. The Labute approximate surface area is 168 Å². The van der Waals surface area contributed by atoms with Crippen LogP contribution in [0.15, 0.2) is 45.2 Å². The predicted octanol–water partition coefficient (Wildman–Crippen LogP) is 2.06. The standard InChI is InChI=1S/C19H24ClN3O5/c20-9-17(19-18(10-24)26-13-27-19)23-12-21-11-22-14-2-1-3-16(8-14)28-15-4-6-25-7-5-15/h1-3,9-11,15,18-19,23H,4-8,12-13H2/b17-9-,21-11?,22-14?. The Bertz CT molecular complexity index is 683. The molecule has 1 aliphatic carbocycles.